The Labute approximate surface area is 161 Å². The van der Waals surface area contributed by atoms with Gasteiger partial charge in [-0.15, -0.1) is 0 Å². The number of hydrogen-bond donors (Lipinski definition) is 1. The second-order valence-electron chi connectivity index (χ2n) is 6.06. The van der Waals surface area contributed by atoms with Crippen LogP contribution in [0.2, 0.25) is 5.02 Å². The Hall–Kier alpha value is -2.77. The summed E-state index contributed by atoms with van der Waals surface area (Å²) in [7, 11) is -3.85. The maximum Gasteiger partial charge on any atom is 0.293 e. The van der Waals surface area contributed by atoms with Gasteiger partial charge in [0.1, 0.15) is 4.90 Å². The fourth-order valence-electron chi connectivity index (χ4n) is 3.06. The molecule has 1 N–H and O–H groups in total. The van der Waals surface area contributed by atoms with Gasteiger partial charge in [-0.3, -0.25) is 9.52 Å². The summed E-state index contributed by atoms with van der Waals surface area (Å²) in [5.41, 5.74) is 1.99. The molecule has 4 rings (SSSR count). The third-order valence-electron chi connectivity index (χ3n) is 4.34. The van der Waals surface area contributed by atoms with Crippen molar-refractivity contribution in [2.45, 2.75) is 11.3 Å². The van der Waals surface area contributed by atoms with Crippen LogP contribution < -0.4 is 9.62 Å². The van der Waals surface area contributed by atoms with Crippen molar-refractivity contribution in [2.75, 3.05) is 16.2 Å². The normalized spacial score (nSPS) is 13.4. The van der Waals surface area contributed by atoms with E-state index >= 15 is 0 Å². The van der Waals surface area contributed by atoms with Gasteiger partial charge in [0.05, 0.1) is 17.0 Å². The summed E-state index contributed by atoms with van der Waals surface area (Å²) in [5.74, 6) is -0.0187. The minimum absolute atomic E-state index is 0.00400. The number of carbonyl (C=O) groups excluding carboxylic acids is 1. The van der Waals surface area contributed by atoms with Crippen molar-refractivity contribution in [3.8, 4) is 0 Å². The van der Waals surface area contributed by atoms with Gasteiger partial charge in [0.15, 0.2) is 5.76 Å². The molecule has 1 amide bonds. The molecular formula is C19H15ClN2O4S. The van der Waals surface area contributed by atoms with Crippen molar-refractivity contribution < 1.29 is 17.6 Å². The first-order valence-electron chi connectivity index (χ1n) is 8.21. The molecular weight excluding hydrogens is 388 g/mol. The average molecular weight is 403 g/mol. The molecule has 138 valence electrons. The van der Waals surface area contributed by atoms with Gasteiger partial charge in [-0.2, -0.15) is 0 Å². The average Bonchev–Trinajstić information content (AvgIpc) is 3.31. The Morgan fingerprint density at radius 2 is 1.93 bits per heavy atom. The number of carbonyl (C=O) groups is 1. The number of hydrogen-bond acceptors (Lipinski definition) is 4. The summed E-state index contributed by atoms with van der Waals surface area (Å²) >= 11 is 6.01. The van der Waals surface area contributed by atoms with Crippen molar-refractivity contribution in [3.63, 3.8) is 0 Å². The predicted octanol–water partition coefficient (Wildman–Crippen LogP) is 3.94. The van der Waals surface area contributed by atoms with Gasteiger partial charge in [0.25, 0.3) is 15.9 Å². The topological polar surface area (TPSA) is 79.6 Å². The lowest BCUT2D eigenvalue weighted by atomic mass is 10.1. The first kappa shape index (κ1) is 17.6. The number of rotatable bonds is 4. The summed E-state index contributed by atoms with van der Waals surface area (Å²) in [6, 6.07) is 14.6. The molecule has 1 aliphatic heterocycles. The zero-order chi connectivity index (χ0) is 19.0. The molecule has 0 atom stereocenters. The molecule has 0 saturated carbocycles. The van der Waals surface area contributed by atoms with Crippen LogP contribution in [0.25, 0.3) is 0 Å². The number of fused-ring (bicyclic) bond motifs is 1. The molecule has 0 radical (unpaired) electrons. The Balaban J connectivity index is 1.65. The molecule has 0 aliphatic carbocycles. The number of amides is 1. The maximum atomic E-state index is 12.6. The highest BCUT2D eigenvalue weighted by Gasteiger charge is 2.28. The minimum Gasteiger partial charge on any atom is -0.459 e. The highest BCUT2D eigenvalue weighted by atomic mass is 35.5. The summed E-state index contributed by atoms with van der Waals surface area (Å²) in [5, 5.41) is 0.140. The fraction of sp³-hybridized carbons (Fsp3) is 0.105. The largest absolute Gasteiger partial charge is 0.459 e. The van der Waals surface area contributed by atoms with Crippen molar-refractivity contribution in [1.29, 1.82) is 0 Å². The zero-order valence-corrected chi connectivity index (χ0v) is 15.6. The molecule has 8 heteroatoms. The van der Waals surface area contributed by atoms with Crippen LogP contribution in [0.1, 0.15) is 16.1 Å². The molecule has 0 bridgehead atoms. The van der Waals surface area contributed by atoms with Gasteiger partial charge >= 0.3 is 0 Å². The molecule has 1 aromatic heterocycles. The number of nitrogens with zero attached hydrogens (tertiary/aromatic N) is 1. The van der Waals surface area contributed by atoms with Crippen molar-refractivity contribution in [3.05, 3.63) is 77.2 Å². The van der Waals surface area contributed by atoms with Crippen LogP contribution in [0.5, 0.6) is 0 Å². The highest BCUT2D eigenvalue weighted by molar-refractivity contribution is 7.92. The molecule has 2 heterocycles. The Morgan fingerprint density at radius 3 is 2.67 bits per heavy atom. The van der Waals surface area contributed by atoms with E-state index in [0.29, 0.717) is 24.3 Å². The van der Waals surface area contributed by atoms with Gasteiger partial charge in [-0.25, -0.2) is 8.42 Å². The summed E-state index contributed by atoms with van der Waals surface area (Å²) in [6.45, 7) is 0.510. The van der Waals surface area contributed by atoms with Gasteiger partial charge in [-0.1, -0.05) is 29.8 Å². The van der Waals surface area contributed by atoms with Crippen LogP contribution in [0.3, 0.4) is 0 Å². The molecule has 0 unspecified atom stereocenters. The summed E-state index contributed by atoms with van der Waals surface area (Å²) in [6.07, 6.45) is 2.14. The van der Waals surface area contributed by atoms with Crippen LogP contribution in [-0.4, -0.2) is 20.9 Å². The molecule has 6 nitrogen and oxygen atoms in total. The van der Waals surface area contributed by atoms with E-state index in [1.54, 1.807) is 41.3 Å². The van der Waals surface area contributed by atoms with Gasteiger partial charge in [-0.05, 0) is 48.4 Å². The molecule has 27 heavy (non-hydrogen) atoms. The summed E-state index contributed by atoms with van der Waals surface area (Å²) in [4.78, 5) is 14.2. The monoisotopic (exact) mass is 402 g/mol. The minimum atomic E-state index is -3.85. The number of benzene rings is 2. The third-order valence-corrected chi connectivity index (χ3v) is 6.22. The van der Waals surface area contributed by atoms with E-state index in [9.17, 15) is 13.2 Å². The lowest BCUT2D eigenvalue weighted by Crippen LogP contribution is -2.28. The quantitative estimate of drug-likeness (QED) is 0.716. The van der Waals surface area contributed by atoms with E-state index < -0.39 is 10.0 Å². The smallest absolute Gasteiger partial charge is 0.293 e. The van der Waals surface area contributed by atoms with Crippen LogP contribution in [0.15, 0.2) is 70.2 Å². The lowest BCUT2D eigenvalue weighted by molar-refractivity contribution is 0.0963. The number of anilines is 2. The lowest BCUT2D eigenvalue weighted by Gasteiger charge is -2.17. The Morgan fingerprint density at radius 1 is 1.11 bits per heavy atom. The predicted molar refractivity (Wildman–Crippen MR) is 103 cm³/mol. The summed E-state index contributed by atoms with van der Waals surface area (Å²) < 4.78 is 33.0. The third kappa shape index (κ3) is 3.31. The van der Waals surface area contributed by atoms with E-state index in [-0.39, 0.29) is 21.6 Å². The second-order valence-corrected chi connectivity index (χ2v) is 8.12. The van der Waals surface area contributed by atoms with E-state index in [2.05, 4.69) is 4.72 Å². The van der Waals surface area contributed by atoms with Gasteiger partial charge < -0.3 is 9.32 Å². The standard InChI is InChI=1S/C19H15ClN2O4S/c20-15-4-1-2-6-18(15)27(24,25)21-14-8-7-13-9-10-22(16(13)12-14)19(23)17-5-3-11-26-17/h1-8,11-12,21H,9-10H2. The Bertz CT molecular complexity index is 1110. The maximum absolute atomic E-state index is 12.6. The molecule has 0 fully saturated rings. The highest BCUT2D eigenvalue weighted by Crippen LogP contribution is 2.33. The zero-order valence-electron chi connectivity index (χ0n) is 14.1. The van der Waals surface area contributed by atoms with Crippen LogP contribution in [-0.2, 0) is 16.4 Å². The van der Waals surface area contributed by atoms with Crippen LogP contribution in [0, 0.1) is 0 Å². The second kappa shape index (κ2) is 6.75. The van der Waals surface area contributed by atoms with Crippen LogP contribution in [0.4, 0.5) is 11.4 Å². The van der Waals surface area contributed by atoms with Crippen molar-refractivity contribution in [1.82, 2.24) is 0 Å². The first-order valence-corrected chi connectivity index (χ1v) is 10.1. The number of sulfonamides is 1. The van der Waals surface area contributed by atoms with Gasteiger partial charge in [0.2, 0.25) is 0 Å². The molecule has 0 spiro atoms. The van der Waals surface area contributed by atoms with E-state index in [0.717, 1.165) is 5.56 Å². The number of furan rings is 1. The van der Waals surface area contributed by atoms with Crippen molar-refractivity contribution >= 4 is 38.9 Å². The van der Waals surface area contributed by atoms with E-state index in [1.165, 1.54) is 18.4 Å². The molecule has 1 aliphatic rings. The number of nitrogens with one attached hydrogen (secondary N) is 1. The Kier molecular flexibility index (Phi) is 4.41. The van der Waals surface area contributed by atoms with E-state index in [4.69, 9.17) is 16.0 Å². The van der Waals surface area contributed by atoms with Crippen LogP contribution >= 0.6 is 11.6 Å². The van der Waals surface area contributed by atoms with E-state index in [1.807, 2.05) is 6.07 Å². The first-order chi connectivity index (χ1) is 13.0. The van der Waals surface area contributed by atoms with Gasteiger partial charge in [0, 0.05) is 12.2 Å². The molecule has 0 saturated heterocycles. The fourth-order valence-corrected chi connectivity index (χ4v) is 4.63. The van der Waals surface area contributed by atoms with Crippen molar-refractivity contribution in [2.24, 2.45) is 0 Å². The number of halogens is 1. The molecule has 2 aromatic carbocycles. The molecule has 3 aromatic rings. The SMILES string of the molecule is O=C(c1ccco1)N1CCc2ccc(NS(=O)(=O)c3ccccc3Cl)cc21.